The quantitative estimate of drug-likeness (QED) is 0.644. The second-order valence-electron chi connectivity index (χ2n) is 3.89. The topological polar surface area (TPSA) is 82.8 Å². The number of hydrogen-bond donors (Lipinski definition) is 1. The molecule has 92 valence electrons. The van der Waals surface area contributed by atoms with Crippen molar-refractivity contribution in [2.45, 2.75) is 13.8 Å². The van der Waals surface area contributed by atoms with Crippen molar-refractivity contribution in [2.75, 3.05) is 5.32 Å². The maximum Gasteiger partial charge on any atom is 0.250 e. The fourth-order valence-corrected chi connectivity index (χ4v) is 1.25. The summed E-state index contributed by atoms with van der Waals surface area (Å²) in [5.41, 5.74) is 0.742. The molecular formula is C13H13N3O2. The van der Waals surface area contributed by atoms with Gasteiger partial charge in [-0.1, -0.05) is 11.6 Å². The Morgan fingerprint density at radius 1 is 1.44 bits per heavy atom. The summed E-state index contributed by atoms with van der Waals surface area (Å²) in [6.07, 6.45) is 2.79. The van der Waals surface area contributed by atoms with E-state index < -0.39 is 17.6 Å². The zero-order valence-electron chi connectivity index (χ0n) is 10.2. The number of nitrogens with zero attached hydrogens (tertiary/aromatic N) is 2. The van der Waals surface area contributed by atoms with Gasteiger partial charge in [0.2, 0.25) is 0 Å². The van der Waals surface area contributed by atoms with E-state index in [0.29, 0.717) is 5.82 Å². The van der Waals surface area contributed by atoms with Crippen molar-refractivity contribution in [1.29, 1.82) is 5.26 Å². The number of nitriles is 1. The third-order valence-electron chi connectivity index (χ3n) is 2.02. The number of allylic oxidation sites excluding steroid dienone is 2. The first-order valence-electron chi connectivity index (χ1n) is 5.35. The number of ketones is 1. The van der Waals surface area contributed by atoms with Crippen LogP contribution in [-0.4, -0.2) is 16.7 Å². The Kier molecular flexibility index (Phi) is 4.76. The summed E-state index contributed by atoms with van der Waals surface area (Å²) in [6.45, 7) is 3.45. The fraction of sp³-hybridized carbons (Fsp3) is 0.231. The van der Waals surface area contributed by atoms with E-state index in [1.807, 2.05) is 0 Å². The summed E-state index contributed by atoms with van der Waals surface area (Å²) >= 11 is 0. The molecule has 0 saturated carbocycles. The van der Waals surface area contributed by atoms with Crippen LogP contribution in [0.1, 0.15) is 13.8 Å². The normalized spacial score (nSPS) is 10.9. The van der Waals surface area contributed by atoms with Crippen LogP contribution in [0, 0.1) is 17.2 Å². The van der Waals surface area contributed by atoms with E-state index in [4.69, 9.17) is 5.26 Å². The van der Waals surface area contributed by atoms with Gasteiger partial charge in [-0.2, -0.15) is 5.26 Å². The van der Waals surface area contributed by atoms with Gasteiger partial charge in [-0.25, -0.2) is 4.98 Å². The predicted octanol–water partition coefficient (Wildman–Crippen LogP) is 1.70. The first-order valence-corrected chi connectivity index (χ1v) is 5.35. The van der Waals surface area contributed by atoms with Crippen molar-refractivity contribution in [3.05, 3.63) is 36.0 Å². The van der Waals surface area contributed by atoms with E-state index in [1.54, 1.807) is 38.1 Å². The lowest BCUT2D eigenvalue weighted by Gasteiger charge is -2.06. The Hall–Kier alpha value is -2.48. The summed E-state index contributed by atoms with van der Waals surface area (Å²) in [5.74, 6) is -2.22. The molecule has 0 aromatic carbocycles. The number of rotatable bonds is 4. The van der Waals surface area contributed by atoms with Crippen LogP contribution in [0.2, 0.25) is 0 Å². The number of amides is 1. The monoisotopic (exact) mass is 243 g/mol. The number of hydrogen-bond acceptors (Lipinski definition) is 4. The number of pyridine rings is 1. The van der Waals surface area contributed by atoms with Gasteiger partial charge in [-0.3, -0.25) is 9.59 Å². The first-order chi connectivity index (χ1) is 8.54. The Bertz CT molecular complexity index is 511. The lowest BCUT2D eigenvalue weighted by molar-refractivity contribution is -0.126. The molecule has 1 heterocycles. The van der Waals surface area contributed by atoms with Crippen molar-refractivity contribution in [1.82, 2.24) is 4.98 Å². The van der Waals surface area contributed by atoms with Gasteiger partial charge in [0, 0.05) is 6.20 Å². The average Bonchev–Trinajstić information content (AvgIpc) is 2.30. The standard InChI is InChI=1S/C13H13N3O2/c1-9(2)7-11(17)10(8-14)13(18)16-12-5-3-4-6-15-12/h3-7,10H,1-2H3,(H,15,16,18)/t10-/m0/s1. The van der Waals surface area contributed by atoms with E-state index >= 15 is 0 Å². The van der Waals surface area contributed by atoms with Crippen LogP contribution in [0.4, 0.5) is 5.82 Å². The highest BCUT2D eigenvalue weighted by atomic mass is 16.2. The summed E-state index contributed by atoms with van der Waals surface area (Å²) < 4.78 is 0. The van der Waals surface area contributed by atoms with E-state index in [-0.39, 0.29) is 0 Å². The second-order valence-corrected chi connectivity index (χ2v) is 3.89. The first kappa shape index (κ1) is 13.6. The minimum Gasteiger partial charge on any atom is -0.309 e. The zero-order chi connectivity index (χ0) is 13.5. The van der Waals surface area contributed by atoms with E-state index in [0.717, 1.165) is 5.57 Å². The highest BCUT2D eigenvalue weighted by Gasteiger charge is 2.24. The smallest absolute Gasteiger partial charge is 0.250 e. The van der Waals surface area contributed by atoms with Gasteiger partial charge < -0.3 is 5.32 Å². The largest absolute Gasteiger partial charge is 0.309 e. The zero-order valence-corrected chi connectivity index (χ0v) is 10.2. The fourth-order valence-electron chi connectivity index (χ4n) is 1.25. The SMILES string of the molecule is CC(C)=CC(=O)[C@H](C#N)C(=O)Nc1ccccn1. The van der Waals surface area contributed by atoms with Crippen molar-refractivity contribution < 1.29 is 9.59 Å². The van der Waals surface area contributed by atoms with Crippen molar-refractivity contribution >= 4 is 17.5 Å². The van der Waals surface area contributed by atoms with Crippen LogP contribution in [0.15, 0.2) is 36.0 Å². The van der Waals surface area contributed by atoms with Gasteiger partial charge in [-0.05, 0) is 32.1 Å². The molecule has 1 aromatic rings. The van der Waals surface area contributed by atoms with Crippen LogP contribution in [0.3, 0.4) is 0 Å². The van der Waals surface area contributed by atoms with Crippen molar-refractivity contribution in [3.8, 4) is 6.07 Å². The minimum absolute atomic E-state index is 0.313. The molecule has 0 aliphatic rings. The molecule has 0 fully saturated rings. The number of nitrogens with one attached hydrogen (secondary N) is 1. The third kappa shape index (κ3) is 3.83. The van der Waals surface area contributed by atoms with Crippen LogP contribution < -0.4 is 5.32 Å². The third-order valence-corrected chi connectivity index (χ3v) is 2.02. The molecule has 0 bridgehead atoms. The molecule has 0 aliphatic carbocycles. The van der Waals surface area contributed by atoms with Gasteiger partial charge in [-0.15, -0.1) is 0 Å². The number of carbonyl (C=O) groups is 2. The number of anilines is 1. The maximum absolute atomic E-state index is 11.7. The molecule has 1 aromatic heterocycles. The molecule has 1 N–H and O–H groups in total. The second kappa shape index (κ2) is 6.30. The molecule has 5 nitrogen and oxygen atoms in total. The summed E-state index contributed by atoms with van der Waals surface area (Å²) in [5, 5.41) is 11.3. The molecule has 0 unspecified atom stereocenters. The van der Waals surface area contributed by atoms with Crippen LogP contribution >= 0.6 is 0 Å². The molecular weight excluding hydrogens is 230 g/mol. The molecule has 0 radical (unpaired) electrons. The van der Waals surface area contributed by atoms with Crippen LogP contribution in [0.5, 0.6) is 0 Å². The molecule has 1 rings (SSSR count). The predicted molar refractivity (Wildman–Crippen MR) is 66.4 cm³/mol. The minimum atomic E-state index is -1.35. The molecule has 0 aliphatic heterocycles. The molecule has 1 amide bonds. The molecule has 0 spiro atoms. The number of carbonyl (C=O) groups excluding carboxylic acids is 2. The lowest BCUT2D eigenvalue weighted by Crippen LogP contribution is -2.28. The van der Waals surface area contributed by atoms with E-state index in [9.17, 15) is 9.59 Å². The van der Waals surface area contributed by atoms with Crippen LogP contribution in [0.25, 0.3) is 0 Å². The Morgan fingerprint density at radius 3 is 2.67 bits per heavy atom. The van der Waals surface area contributed by atoms with Gasteiger partial charge >= 0.3 is 0 Å². The lowest BCUT2D eigenvalue weighted by atomic mass is 10.0. The Balaban J connectivity index is 2.79. The van der Waals surface area contributed by atoms with Gasteiger partial charge in [0.1, 0.15) is 5.82 Å². The maximum atomic E-state index is 11.7. The van der Waals surface area contributed by atoms with Crippen LogP contribution in [-0.2, 0) is 9.59 Å². The Morgan fingerprint density at radius 2 is 2.17 bits per heavy atom. The summed E-state index contributed by atoms with van der Waals surface area (Å²) in [4.78, 5) is 27.3. The summed E-state index contributed by atoms with van der Waals surface area (Å²) in [6, 6.07) is 6.67. The molecule has 0 saturated heterocycles. The Labute approximate surface area is 105 Å². The van der Waals surface area contributed by atoms with Crippen molar-refractivity contribution in [3.63, 3.8) is 0 Å². The molecule has 1 atom stereocenters. The van der Waals surface area contributed by atoms with Crippen molar-refractivity contribution in [2.24, 2.45) is 5.92 Å². The van der Waals surface area contributed by atoms with E-state index in [2.05, 4.69) is 10.3 Å². The van der Waals surface area contributed by atoms with Gasteiger partial charge in [0.05, 0.1) is 6.07 Å². The summed E-state index contributed by atoms with van der Waals surface area (Å²) in [7, 11) is 0. The highest BCUT2D eigenvalue weighted by Crippen LogP contribution is 2.07. The van der Waals surface area contributed by atoms with E-state index in [1.165, 1.54) is 12.3 Å². The average molecular weight is 243 g/mol. The number of aromatic nitrogens is 1. The molecule has 5 heteroatoms. The van der Waals surface area contributed by atoms with Gasteiger partial charge in [0.15, 0.2) is 11.7 Å². The molecule has 18 heavy (non-hydrogen) atoms. The van der Waals surface area contributed by atoms with Gasteiger partial charge in [0.25, 0.3) is 5.91 Å². The highest BCUT2D eigenvalue weighted by molar-refractivity contribution is 6.13.